The molecule has 0 radical (unpaired) electrons. The number of carbonyl (C=O) groups excluding carboxylic acids is 1. The zero-order valence-electron chi connectivity index (χ0n) is 15.6. The van der Waals surface area contributed by atoms with Gasteiger partial charge in [-0.15, -0.1) is 10.2 Å². The van der Waals surface area contributed by atoms with E-state index in [-0.39, 0.29) is 23.5 Å². The summed E-state index contributed by atoms with van der Waals surface area (Å²) >= 11 is 2.64. The summed E-state index contributed by atoms with van der Waals surface area (Å²) in [5.74, 6) is -0.0301. The van der Waals surface area contributed by atoms with Crippen LogP contribution in [0, 0.1) is 5.82 Å². The SMILES string of the molecule is CC(C)N(Cc1ccccc1)C(=O)CSc1nnc(Nc2ccccc2F)s1. The van der Waals surface area contributed by atoms with Gasteiger partial charge in [-0.3, -0.25) is 4.79 Å². The van der Waals surface area contributed by atoms with Crippen molar-refractivity contribution in [2.24, 2.45) is 0 Å². The first-order valence-corrected chi connectivity index (χ1v) is 10.6. The van der Waals surface area contributed by atoms with Gasteiger partial charge in [-0.1, -0.05) is 65.6 Å². The normalized spacial score (nSPS) is 10.9. The Morgan fingerprint density at radius 2 is 1.86 bits per heavy atom. The fraction of sp³-hybridized carbons (Fsp3) is 0.250. The predicted molar refractivity (Wildman–Crippen MR) is 112 cm³/mol. The first kappa shape index (κ1) is 20.3. The number of rotatable bonds is 8. The molecule has 0 fully saturated rings. The second kappa shape index (κ2) is 9.66. The third-order valence-corrected chi connectivity index (χ3v) is 5.94. The average molecular weight is 417 g/mol. The van der Waals surface area contributed by atoms with Gasteiger partial charge < -0.3 is 10.2 Å². The number of halogens is 1. The first-order chi connectivity index (χ1) is 13.5. The van der Waals surface area contributed by atoms with Crippen LogP contribution in [0.25, 0.3) is 0 Å². The van der Waals surface area contributed by atoms with E-state index in [1.165, 1.54) is 29.2 Å². The molecular weight excluding hydrogens is 395 g/mol. The van der Waals surface area contributed by atoms with E-state index in [0.717, 1.165) is 5.56 Å². The number of amides is 1. The molecule has 0 atom stereocenters. The Kier molecular flexibility index (Phi) is 7.00. The summed E-state index contributed by atoms with van der Waals surface area (Å²) in [7, 11) is 0. The van der Waals surface area contributed by atoms with Crippen LogP contribution in [0.5, 0.6) is 0 Å². The molecule has 3 rings (SSSR count). The highest BCUT2D eigenvalue weighted by Crippen LogP contribution is 2.28. The van der Waals surface area contributed by atoms with E-state index in [2.05, 4.69) is 15.5 Å². The Morgan fingerprint density at radius 3 is 2.57 bits per heavy atom. The van der Waals surface area contributed by atoms with E-state index in [1.807, 2.05) is 49.1 Å². The van der Waals surface area contributed by atoms with Crippen molar-refractivity contribution in [2.45, 2.75) is 30.8 Å². The van der Waals surface area contributed by atoms with Crippen molar-refractivity contribution in [3.8, 4) is 0 Å². The molecule has 1 N–H and O–H groups in total. The summed E-state index contributed by atoms with van der Waals surface area (Å²) in [4.78, 5) is 14.6. The number of aromatic nitrogens is 2. The van der Waals surface area contributed by atoms with E-state index in [0.29, 0.717) is 21.7 Å². The van der Waals surface area contributed by atoms with Crippen molar-refractivity contribution in [3.05, 3.63) is 66.0 Å². The molecule has 0 aliphatic carbocycles. The van der Waals surface area contributed by atoms with Gasteiger partial charge in [-0.25, -0.2) is 4.39 Å². The maximum Gasteiger partial charge on any atom is 0.233 e. The molecule has 146 valence electrons. The fourth-order valence-corrected chi connectivity index (χ4v) is 4.19. The lowest BCUT2D eigenvalue weighted by molar-refractivity contribution is -0.130. The largest absolute Gasteiger partial charge is 0.335 e. The zero-order chi connectivity index (χ0) is 19.9. The second-order valence-electron chi connectivity index (χ2n) is 6.37. The first-order valence-electron chi connectivity index (χ1n) is 8.84. The molecule has 1 amide bonds. The number of anilines is 2. The molecule has 8 heteroatoms. The van der Waals surface area contributed by atoms with Gasteiger partial charge in [0.1, 0.15) is 5.82 Å². The van der Waals surface area contributed by atoms with Gasteiger partial charge in [-0.05, 0) is 31.5 Å². The molecule has 0 saturated carbocycles. The number of para-hydroxylation sites is 1. The Labute approximate surface area is 172 Å². The maximum absolute atomic E-state index is 13.7. The summed E-state index contributed by atoms with van der Waals surface area (Å²) in [6, 6.07) is 16.4. The summed E-state index contributed by atoms with van der Waals surface area (Å²) < 4.78 is 14.4. The molecule has 0 bridgehead atoms. The minimum Gasteiger partial charge on any atom is -0.335 e. The van der Waals surface area contributed by atoms with Gasteiger partial charge in [0.25, 0.3) is 0 Å². The van der Waals surface area contributed by atoms with Crippen molar-refractivity contribution in [2.75, 3.05) is 11.1 Å². The lowest BCUT2D eigenvalue weighted by Crippen LogP contribution is -2.37. The molecule has 0 aliphatic rings. The van der Waals surface area contributed by atoms with Gasteiger partial charge in [0.15, 0.2) is 4.34 Å². The Bertz CT molecular complexity index is 917. The number of hydrogen-bond acceptors (Lipinski definition) is 6. The zero-order valence-corrected chi connectivity index (χ0v) is 17.3. The highest BCUT2D eigenvalue weighted by Gasteiger charge is 2.18. The minimum absolute atomic E-state index is 0.0441. The summed E-state index contributed by atoms with van der Waals surface area (Å²) in [5.41, 5.74) is 1.45. The van der Waals surface area contributed by atoms with E-state index in [1.54, 1.807) is 18.2 Å². The van der Waals surface area contributed by atoms with Crippen molar-refractivity contribution in [3.63, 3.8) is 0 Å². The quantitative estimate of drug-likeness (QED) is 0.527. The molecular formula is C20H21FN4OS2. The van der Waals surface area contributed by atoms with Crippen LogP contribution >= 0.6 is 23.1 Å². The molecule has 3 aromatic rings. The van der Waals surface area contributed by atoms with Crippen molar-refractivity contribution in [1.82, 2.24) is 15.1 Å². The second-order valence-corrected chi connectivity index (χ2v) is 8.57. The molecule has 0 unspecified atom stereocenters. The van der Waals surface area contributed by atoms with Crippen LogP contribution in [-0.4, -0.2) is 32.8 Å². The number of benzene rings is 2. The number of nitrogens with zero attached hydrogens (tertiary/aromatic N) is 3. The number of thioether (sulfide) groups is 1. The van der Waals surface area contributed by atoms with Crippen LogP contribution in [0.4, 0.5) is 15.2 Å². The van der Waals surface area contributed by atoms with Crippen LogP contribution in [0.3, 0.4) is 0 Å². The van der Waals surface area contributed by atoms with E-state index in [4.69, 9.17) is 0 Å². The standard InChI is InChI=1S/C20H21FN4OS2/c1-14(2)25(12-15-8-4-3-5-9-15)18(26)13-27-20-24-23-19(28-20)22-17-11-7-6-10-16(17)21/h3-11,14H,12-13H2,1-2H3,(H,22,23). The van der Waals surface area contributed by atoms with Gasteiger partial charge in [0, 0.05) is 12.6 Å². The lowest BCUT2D eigenvalue weighted by Gasteiger charge is -2.26. The van der Waals surface area contributed by atoms with Gasteiger partial charge >= 0.3 is 0 Å². The van der Waals surface area contributed by atoms with Gasteiger partial charge in [0.05, 0.1) is 11.4 Å². The van der Waals surface area contributed by atoms with Gasteiger partial charge in [-0.2, -0.15) is 0 Å². The highest BCUT2D eigenvalue weighted by atomic mass is 32.2. The van der Waals surface area contributed by atoms with Crippen LogP contribution in [0.15, 0.2) is 58.9 Å². The Balaban J connectivity index is 1.57. The monoisotopic (exact) mass is 416 g/mol. The smallest absolute Gasteiger partial charge is 0.233 e. The molecule has 1 heterocycles. The average Bonchev–Trinajstić information content (AvgIpc) is 3.14. The summed E-state index contributed by atoms with van der Waals surface area (Å²) in [5, 5.41) is 11.5. The van der Waals surface area contributed by atoms with Crippen molar-refractivity contribution in [1.29, 1.82) is 0 Å². The van der Waals surface area contributed by atoms with Gasteiger partial charge in [0.2, 0.25) is 11.0 Å². The number of hydrogen-bond donors (Lipinski definition) is 1. The van der Waals surface area contributed by atoms with E-state index in [9.17, 15) is 9.18 Å². The molecule has 5 nitrogen and oxygen atoms in total. The summed E-state index contributed by atoms with van der Waals surface area (Å²) in [6.45, 7) is 4.59. The van der Waals surface area contributed by atoms with Crippen LogP contribution < -0.4 is 5.32 Å². The van der Waals surface area contributed by atoms with E-state index >= 15 is 0 Å². The number of carbonyl (C=O) groups is 1. The van der Waals surface area contributed by atoms with E-state index < -0.39 is 0 Å². The van der Waals surface area contributed by atoms with Crippen LogP contribution in [0.2, 0.25) is 0 Å². The molecule has 28 heavy (non-hydrogen) atoms. The third kappa shape index (κ3) is 5.53. The van der Waals surface area contributed by atoms with Crippen LogP contribution in [-0.2, 0) is 11.3 Å². The third-order valence-electron chi connectivity index (χ3n) is 3.98. The molecule has 0 aliphatic heterocycles. The Hall–Kier alpha value is -2.45. The highest BCUT2D eigenvalue weighted by molar-refractivity contribution is 8.01. The number of nitrogens with one attached hydrogen (secondary N) is 1. The minimum atomic E-state index is -0.351. The fourth-order valence-electron chi connectivity index (χ4n) is 2.54. The maximum atomic E-state index is 13.7. The molecule has 2 aromatic carbocycles. The van der Waals surface area contributed by atoms with Crippen LogP contribution in [0.1, 0.15) is 19.4 Å². The Morgan fingerprint density at radius 1 is 1.14 bits per heavy atom. The topological polar surface area (TPSA) is 58.1 Å². The summed E-state index contributed by atoms with van der Waals surface area (Å²) in [6.07, 6.45) is 0. The molecule has 1 aromatic heterocycles. The van der Waals surface area contributed by atoms with Crippen molar-refractivity contribution >= 4 is 39.8 Å². The predicted octanol–water partition coefficient (Wildman–Crippen LogP) is 4.95. The molecule has 0 saturated heterocycles. The lowest BCUT2D eigenvalue weighted by atomic mass is 10.2. The van der Waals surface area contributed by atoms with Crippen molar-refractivity contribution < 1.29 is 9.18 Å². The molecule has 0 spiro atoms.